The molecule has 0 aliphatic heterocycles. The molecule has 0 radical (unpaired) electrons. The van der Waals surface area contributed by atoms with Gasteiger partial charge in [0.2, 0.25) is 0 Å². The second-order valence-corrected chi connectivity index (χ2v) is 5.20. The van der Waals surface area contributed by atoms with Crippen LogP contribution in [-0.2, 0) is 13.1 Å². The molecule has 20 heavy (non-hydrogen) atoms. The summed E-state index contributed by atoms with van der Waals surface area (Å²) in [4.78, 5) is 0. The normalized spacial score (nSPS) is 12.8. The Labute approximate surface area is 121 Å². The predicted molar refractivity (Wildman–Crippen MR) is 80.6 cm³/mol. The smallest absolute Gasteiger partial charge is 0.0644 e. The second-order valence-electron chi connectivity index (χ2n) is 5.20. The molecule has 110 valence electrons. The van der Waals surface area contributed by atoms with Gasteiger partial charge in [0.25, 0.3) is 0 Å². The number of nitrogens with one attached hydrogen (secondary N) is 1. The van der Waals surface area contributed by atoms with Crippen molar-refractivity contribution in [1.82, 2.24) is 24.9 Å². The van der Waals surface area contributed by atoms with E-state index < -0.39 is 0 Å². The van der Waals surface area contributed by atoms with Crippen LogP contribution in [0.2, 0.25) is 0 Å². The minimum absolute atomic E-state index is 0.341. The molecule has 0 spiro atoms. The van der Waals surface area contributed by atoms with E-state index in [9.17, 15) is 0 Å². The highest BCUT2D eigenvalue weighted by Gasteiger charge is 2.16. The van der Waals surface area contributed by atoms with Gasteiger partial charge in [-0.2, -0.15) is 10.2 Å². The van der Waals surface area contributed by atoms with E-state index in [-0.39, 0.29) is 0 Å². The number of nitrogens with zero attached hydrogens (tertiary/aromatic N) is 4. The lowest BCUT2D eigenvalue weighted by atomic mass is 10.1. The van der Waals surface area contributed by atoms with Gasteiger partial charge >= 0.3 is 0 Å². The maximum absolute atomic E-state index is 4.58. The van der Waals surface area contributed by atoms with Crippen molar-refractivity contribution in [3.05, 3.63) is 35.4 Å². The third-order valence-electron chi connectivity index (χ3n) is 3.74. The van der Waals surface area contributed by atoms with Crippen LogP contribution < -0.4 is 5.32 Å². The molecule has 2 aromatic heterocycles. The maximum Gasteiger partial charge on any atom is 0.0644 e. The van der Waals surface area contributed by atoms with Crippen molar-refractivity contribution in [2.24, 2.45) is 0 Å². The van der Waals surface area contributed by atoms with Crippen LogP contribution in [0, 0.1) is 13.8 Å². The Morgan fingerprint density at radius 1 is 1.35 bits per heavy atom. The topological polar surface area (TPSA) is 47.7 Å². The van der Waals surface area contributed by atoms with Gasteiger partial charge in [0.05, 0.1) is 5.69 Å². The molecular formula is C15H25N5. The van der Waals surface area contributed by atoms with Crippen molar-refractivity contribution in [3.63, 3.8) is 0 Å². The van der Waals surface area contributed by atoms with Gasteiger partial charge in [-0.1, -0.05) is 0 Å². The molecule has 2 aromatic rings. The summed E-state index contributed by atoms with van der Waals surface area (Å²) >= 11 is 0. The van der Waals surface area contributed by atoms with Gasteiger partial charge in [0, 0.05) is 42.8 Å². The van der Waals surface area contributed by atoms with Gasteiger partial charge in [-0.25, -0.2) is 0 Å². The summed E-state index contributed by atoms with van der Waals surface area (Å²) in [5, 5.41) is 12.4. The third kappa shape index (κ3) is 3.28. The Hall–Kier alpha value is -1.62. The summed E-state index contributed by atoms with van der Waals surface area (Å²) in [6, 6.07) is 2.30. The Balaban J connectivity index is 1.85. The molecular weight excluding hydrogens is 250 g/mol. The summed E-state index contributed by atoms with van der Waals surface area (Å²) in [6.45, 7) is 11.5. The quantitative estimate of drug-likeness (QED) is 0.790. The van der Waals surface area contributed by atoms with Crippen LogP contribution in [-0.4, -0.2) is 26.1 Å². The van der Waals surface area contributed by atoms with Crippen molar-refractivity contribution in [2.75, 3.05) is 6.54 Å². The van der Waals surface area contributed by atoms with Crippen molar-refractivity contribution in [2.45, 2.75) is 53.2 Å². The molecule has 0 aromatic carbocycles. The van der Waals surface area contributed by atoms with E-state index in [2.05, 4.69) is 47.9 Å². The lowest BCUT2D eigenvalue weighted by Crippen LogP contribution is -2.22. The minimum Gasteiger partial charge on any atom is -0.310 e. The van der Waals surface area contributed by atoms with Crippen LogP contribution in [0.1, 0.15) is 43.3 Å². The number of aromatic nitrogens is 4. The summed E-state index contributed by atoms with van der Waals surface area (Å²) in [5.74, 6) is 0. The first-order valence-electron chi connectivity index (χ1n) is 7.38. The average Bonchev–Trinajstić information content (AvgIpc) is 3.02. The van der Waals surface area contributed by atoms with E-state index in [1.807, 2.05) is 23.1 Å². The molecule has 0 aliphatic rings. The van der Waals surface area contributed by atoms with Crippen LogP contribution >= 0.6 is 0 Å². The monoisotopic (exact) mass is 275 g/mol. The molecule has 1 atom stereocenters. The van der Waals surface area contributed by atoms with Crippen molar-refractivity contribution < 1.29 is 0 Å². The van der Waals surface area contributed by atoms with Gasteiger partial charge in [-0.15, -0.1) is 0 Å². The molecule has 0 saturated carbocycles. The fourth-order valence-corrected chi connectivity index (χ4v) is 2.74. The van der Waals surface area contributed by atoms with E-state index in [1.54, 1.807) is 0 Å². The third-order valence-corrected chi connectivity index (χ3v) is 3.74. The molecule has 5 nitrogen and oxygen atoms in total. The molecule has 0 fully saturated rings. The van der Waals surface area contributed by atoms with Crippen LogP contribution in [0.3, 0.4) is 0 Å². The van der Waals surface area contributed by atoms with E-state index in [4.69, 9.17) is 0 Å². The molecule has 0 aliphatic carbocycles. The highest BCUT2D eigenvalue weighted by Crippen LogP contribution is 2.21. The number of hydrogen-bond donors (Lipinski definition) is 1. The van der Waals surface area contributed by atoms with E-state index >= 15 is 0 Å². The van der Waals surface area contributed by atoms with E-state index in [0.717, 1.165) is 31.7 Å². The van der Waals surface area contributed by atoms with Crippen LogP contribution in [0.25, 0.3) is 0 Å². The van der Waals surface area contributed by atoms with Gasteiger partial charge < -0.3 is 5.32 Å². The van der Waals surface area contributed by atoms with Crippen molar-refractivity contribution >= 4 is 0 Å². The zero-order valence-electron chi connectivity index (χ0n) is 12.9. The molecule has 1 N–H and O–H groups in total. The predicted octanol–water partition coefficient (Wildman–Crippen LogP) is 2.46. The lowest BCUT2D eigenvalue weighted by Gasteiger charge is -2.15. The highest BCUT2D eigenvalue weighted by atomic mass is 15.3. The number of aryl methyl sites for hydroxylation is 3. The molecule has 0 amide bonds. The Morgan fingerprint density at radius 2 is 2.15 bits per heavy atom. The Morgan fingerprint density at radius 3 is 2.75 bits per heavy atom. The average molecular weight is 275 g/mol. The lowest BCUT2D eigenvalue weighted by molar-refractivity contribution is 0.504. The van der Waals surface area contributed by atoms with Gasteiger partial charge in [0.15, 0.2) is 0 Å². The Kier molecular flexibility index (Phi) is 4.95. The Bertz CT molecular complexity index is 527. The van der Waals surface area contributed by atoms with Crippen molar-refractivity contribution in [3.8, 4) is 0 Å². The minimum atomic E-state index is 0.341. The van der Waals surface area contributed by atoms with Crippen LogP contribution in [0.15, 0.2) is 18.5 Å². The molecule has 0 saturated heterocycles. The summed E-state index contributed by atoms with van der Waals surface area (Å²) < 4.78 is 4.05. The van der Waals surface area contributed by atoms with Crippen LogP contribution in [0.5, 0.6) is 0 Å². The zero-order valence-corrected chi connectivity index (χ0v) is 12.9. The maximum atomic E-state index is 4.58. The molecule has 5 heteroatoms. The zero-order chi connectivity index (χ0) is 14.5. The number of rotatable bonds is 7. The highest BCUT2D eigenvalue weighted by molar-refractivity contribution is 5.27. The molecule has 1 unspecified atom stereocenters. The van der Waals surface area contributed by atoms with E-state index in [1.165, 1.54) is 11.3 Å². The van der Waals surface area contributed by atoms with Crippen molar-refractivity contribution in [1.29, 1.82) is 0 Å². The number of hydrogen-bond acceptors (Lipinski definition) is 3. The van der Waals surface area contributed by atoms with Gasteiger partial charge in [0.1, 0.15) is 0 Å². The summed E-state index contributed by atoms with van der Waals surface area (Å²) in [6.07, 6.45) is 4.90. The van der Waals surface area contributed by atoms with Gasteiger partial charge in [-0.05, 0) is 46.7 Å². The fourth-order valence-electron chi connectivity index (χ4n) is 2.74. The SMILES string of the molecule is CCn1nc(C)c(C(C)NCCCn2cccn2)c1C. The second kappa shape index (κ2) is 6.70. The largest absolute Gasteiger partial charge is 0.310 e. The first-order chi connectivity index (χ1) is 9.63. The molecule has 0 bridgehead atoms. The first kappa shape index (κ1) is 14.8. The van der Waals surface area contributed by atoms with E-state index in [0.29, 0.717) is 6.04 Å². The summed E-state index contributed by atoms with van der Waals surface area (Å²) in [7, 11) is 0. The molecule has 2 heterocycles. The fraction of sp³-hybridized carbons (Fsp3) is 0.600. The van der Waals surface area contributed by atoms with Gasteiger partial charge in [-0.3, -0.25) is 9.36 Å². The summed E-state index contributed by atoms with van der Waals surface area (Å²) in [5.41, 5.74) is 3.75. The first-order valence-corrected chi connectivity index (χ1v) is 7.38. The molecule has 2 rings (SSSR count). The van der Waals surface area contributed by atoms with Crippen LogP contribution in [0.4, 0.5) is 0 Å². The standard InChI is InChI=1S/C15H25N5/c1-5-20-14(4)15(13(3)18-20)12(2)16-8-6-10-19-11-7-9-17-19/h7,9,11-12,16H,5-6,8,10H2,1-4H3.